The third-order valence-electron chi connectivity index (χ3n) is 2.41. The van der Waals surface area contributed by atoms with Crippen LogP contribution in [0.1, 0.15) is 31.9 Å². The minimum Gasteiger partial charge on any atom is -0.365 e. The highest BCUT2D eigenvalue weighted by Crippen LogP contribution is 2.10. The van der Waals surface area contributed by atoms with E-state index in [2.05, 4.69) is 22.2 Å². The van der Waals surface area contributed by atoms with Gasteiger partial charge in [-0.2, -0.15) is 0 Å². The summed E-state index contributed by atoms with van der Waals surface area (Å²) in [5.74, 6) is 0.851. The van der Waals surface area contributed by atoms with Crippen LogP contribution >= 0.6 is 0 Å². The molecule has 0 aliphatic heterocycles. The Labute approximate surface area is 91.3 Å². The maximum atomic E-state index is 5.70. The monoisotopic (exact) mass is 208 g/mol. The van der Waals surface area contributed by atoms with Gasteiger partial charge < -0.3 is 11.1 Å². The highest BCUT2D eigenvalue weighted by atomic mass is 15.0. The second kappa shape index (κ2) is 6.35. The maximum absolute atomic E-state index is 5.70. The molecular weight excluding hydrogens is 188 g/mol. The summed E-state index contributed by atoms with van der Waals surface area (Å²) in [6, 6.07) is 0.306. The lowest BCUT2D eigenvalue weighted by molar-refractivity contribution is 0.611. The van der Waals surface area contributed by atoms with Gasteiger partial charge in [-0.1, -0.05) is 19.8 Å². The fourth-order valence-corrected chi connectivity index (χ4v) is 1.44. The number of anilines is 1. The smallest absolute Gasteiger partial charge is 0.147 e. The third-order valence-corrected chi connectivity index (χ3v) is 2.41. The minimum absolute atomic E-state index is 0.306. The summed E-state index contributed by atoms with van der Waals surface area (Å²) >= 11 is 0. The number of hydrogen-bond acceptors (Lipinski definition) is 4. The first-order valence-corrected chi connectivity index (χ1v) is 5.52. The van der Waals surface area contributed by atoms with Gasteiger partial charge in [-0.3, -0.25) is 4.98 Å². The Morgan fingerprint density at radius 3 is 2.73 bits per heavy atom. The standard InChI is InChI=1S/C11H20N4/c1-3-4-5-10(8-12)15-11-9(2)13-6-7-14-11/h6-7,10H,3-5,8,12H2,1-2H3,(H,14,15). The Morgan fingerprint density at radius 1 is 1.40 bits per heavy atom. The summed E-state index contributed by atoms with van der Waals surface area (Å²) in [4.78, 5) is 8.43. The van der Waals surface area contributed by atoms with Gasteiger partial charge in [-0.15, -0.1) is 0 Å². The zero-order chi connectivity index (χ0) is 11.1. The molecule has 0 aliphatic rings. The predicted octanol–water partition coefficient (Wildman–Crippen LogP) is 1.71. The fourth-order valence-electron chi connectivity index (χ4n) is 1.44. The van der Waals surface area contributed by atoms with Gasteiger partial charge in [0.2, 0.25) is 0 Å². The zero-order valence-corrected chi connectivity index (χ0v) is 9.53. The van der Waals surface area contributed by atoms with Crippen molar-refractivity contribution < 1.29 is 0 Å². The lowest BCUT2D eigenvalue weighted by atomic mass is 10.1. The second-order valence-corrected chi connectivity index (χ2v) is 3.71. The van der Waals surface area contributed by atoms with E-state index < -0.39 is 0 Å². The first-order chi connectivity index (χ1) is 7.27. The summed E-state index contributed by atoms with van der Waals surface area (Å²) in [6.07, 6.45) is 6.86. The molecule has 0 radical (unpaired) electrons. The van der Waals surface area contributed by atoms with Crippen LogP contribution in [0.5, 0.6) is 0 Å². The Morgan fingerprint density at radius 2 is 2.13 bits per heavy atom. The van der Waals surface area contributed by atoms with E-state index in [1.165, 1.54) is 12.8 Å². The van der Waals surface area contributed by atoms with Crippen molar-refractivity contribution in [1.82, 2.24) is 9.97 Å². The number of nitrogens with one attached hydrogen (secondary N) is 1. The average molecular weight is 208 g/mol. The topological polar surface area (TPSA) is 63.8 Å². The molecule has 1 heterocycles. The summed E-state index contributed by atoms with van der Waals surface area (Å²) in [7, 11) is 0. The van der Waals surface area contributed by atoms with Gasteiger partial charge in [0.25, 0.3) is 0 Å². The summed E-state index contributed by atoms with van der Waals surface area (Å²) in [5.41, 5.74) is 6.62. The van der Waals surface area contributed by atoms with Crippen LogP contribution in [-0.4, -0.2) is 22.6 Å². The maximum Gasteiger partial charge on any atom is 0.147 e. The average Bonchev–Trinajstić information content (AvgIpc) is 2.26. The number of nitrogens with two attached hydrogens (primary N) is 1. The SMILES string of the molecule is CCCCC(CN)Nc1nccnc1C. The van der Waals surface area contributed by atoms with Gasteiger partial charge >= 0.3 is 0 Å². The number of aromatic nitrogens is 2. The van der Waals surface area contributed by atoms with E-state index in [1.54, 1.807) is 12.4 Å². The molecule has 0 spiro atoms. The van der Waals surface area contributed by atoms with Gasteiger partial charge in [0.15, 0.2) is 0 Å². The Bertz CT molecular complexity index is 288. The van der Waals surface area contributed by atoms with E-state index in [0.29, 0.717) is 12.6 Å². The number of hydrogen-bond donors (Lipinski definition) is 2. The first-order valence-electron chi connectivity index (χ1n) is 5.52. The minimum atomic E-state index is 0.306. The van der Waals surface area contributed by atoms with Crippen LogP contribution in [0.15, 0.2) is 12.4 Å². The molecule has 1 aromatic rings. The van der Waals surface area contributed by atoms with Crippen LogP contribution in [0, 0.1) is 6.92 Å². The summed E-state index contributed by atoms with van der Waals surface area (Å²) in [5, 5.41) is 3.33. The van der Waals surface area contributed by atoms with Crippen molar-refractivity contribution in [2.24, 2.45) is 5.73 Å². The number of unbranched alkanes of at least 4 members (excludes halogenated alkanes) is 1. The van der Waals surface area contributed by atoms with E-state index in [4.69, 9.17) is 5.73 Å². The van der Waals surface area contributed by atoms with Gasteiger partial charge in [-0.05, 0) is 13.3 Å². The van der Waals surface area contributed by atoms with Gasteiger partial charge in [0, 0.05) is 25.0 Å². The third kappa shape index (κ3) is 3.83. The molecule has 0 fully saturated rings. The van der Waals surface area contributed by atoms with Crippen molar-refractivity contribution in [3.8, 4) is 0 Å². The molecular formula is C11H20N4. The molecule has 1 unspecified atom stereocenters. The van der Waals surface area contributed by atoms with E-state index in [-0.39, 0.29) is 0 Å². The molecule has 1 atom stereocenters. The van der Waals surface area contributed by atoms with Crippen LogP contribution in [-0.2, 0) is 0 Å². The van der Waals surface area contributed by atoms with Crippen LogP contribution in [0.2, 0.25) is 0 Å². The molecule has 15 heavy (non-hydrogen) atoms. The highest BCUT2D eigenvalue weighted by molar-refractivity contribution is 5.39. The fraction of sp³-hybridized carbons (Fsp3) is 0.636. The van der Waals surface area contributed by atoms with Crippen LogP contribution in [0.4, 0.5) is 5.82 Å². The first kappa shape index (κ1) is 11.9. The molecule has 0 bridgehead atoms. The Kier molecular flexibility index (Phi) is 5.04. The number of aryl methyl sites for hydroxylation is 1. The molecule has 4 heteroatoms. The van der Waals surface area contributed by atoms with E-state index in [1.807, 2.05) is 6.92 Å². The molecule has 0 aromatic carbocycles. The normalized spacial score (nSPS) is 12.5. The van der Waals surface area contributed by atoms with E-state index in [0.717, 1.165) is 17.9 Å². The number of nitrogens with zero attached hydrogens (tertiary/aromatic N) is 2. The predicted molar refractivity (Wildman–Crippen MR) is 62.8 cm³/mol. The molecule has 4 nitrogen and oxygen atoms in total. The van der Waals surface area contributed by atoms with Crippen LogP contribution in [0.3, 0.4) is 0 Å². The molecule has 0 amide bonds. The second-order valence-electron chi connectivity index (χ2n) is 3.71. The zero-order valence-electron chi connectivity index (χ0n) is 9.53. The molecule has 1 aromatic heterocycles. The number of rotatable bonds is 6. The lowest BCUT2D eigenvalue weighted by Crippen LogP contribution is -2.29. The molecule has 84 valence electrons. The van der Waals surface area contributed by atoms with Gasteiger partial charge in [-0.25, -0.2) is 4.98 Å². The van der Waals surface area contributed by atoms with Crippen molar-refractivity contribution in [2.75, 3.05) is 11.9 Å². The van der Waals surface area contributed by atoms with E-state index in [9.17, 15) is 0 Å². The van der Waals surface area contributed by atoms with Gasteiger partial charge in [0.05, 0.1) is 5.69 Å². The molecule has 3 N–H and O–H groups in total. The van der Waals surface area contributed by atoms with Gasteiger partial charge in [0.1, 0.15) is 5.82 Å². The quantitative estimate of drug-likeness (QED) is 0.747. The van der Waals surface area contributed by atoms with Crippen molar-refractivity contribution in [2.45, 2.75) is 39.2 Å². The van der Waals surface area contributed by atoms with Crippen molar-refractivity contribution >= 4 is 5.82 Å². The Balaban J connectivity index is 2.54. The molecule has 0 saturated heterocycles. The van der Waals surface area contributed by atoms with Crippen molar-refractivity contribution in [1.29, 1.82) is 0 Å². The van der Waals surface area contributed by atoms with Crippen molar-refractivity contribution in [3.63, 3.8) is 0 Å². The molecule has 0 aliphatic carbocycles. The highest BCUT2D eigenvalue weighted by Gasteiger charge is 2.08. The van der Waals surface area contributed by atoms with Crippen LogP contribution in [0.25, 0.3) is 0 Å². The summed E-state index contributed by atoms with van der Waals surface area (Å²) in [6.45, 7) is 4.76. The largest absolute Gasteiger partial charge is 0.365 e. The summed E-state index contributed by atoms with van der Waals surface area (Å²) < 4.78 is 0. The van der Waals surface area contributed by atoms with Crippen molar-refractivity contribution in [3.05, 3.63) is 18.1 Å². The van der Waals surface area contributed by atoms with E-state index >= 15 is 0 Å². The Hall–Kier alpha value is -1.16. The van der Waals surface area contributed by atoms with Crippen LogP contribution < -0.4 is 11.1 Å². The molecule has 1 rings (SSSR count). The molecule has 0 saturated carbocycles. The lowest BCUT2D eigenvalue weighted by Gasteiger charge is -2.17.